The van der Waals surface area contributed by atoms with E-state index < -0.39 is 10.0 Å². The molecule has 2 aliphatic rings. The molecule has 7 nitrogen and oxygen atoms in total. The highest BCUT2D eigenvalue weighted by Gasteiger charge is 2.32. The fourth-order valence-corrected chi connectivity index (χ4v) is 4.49. The summed E-state index contributed by atoms with van der Waals surface area (Å²) >= 11 is 0. The SMILES string of the molecule is C[C@H]1CNCCN1S(=O)(=O)c1cnn(C2CCOCC2)c1. The van der Waals surface area contributed by atoms with E-state index in [2.05, 4.69) is 10.4 Å². The van der Waals surface area contributed by atoms with Gasteiger partial charge in [0.15, 0.2) is 0 Å². The van der Waals surface area contributed by atoms with Crippen molar-refractivity contribution in [2.75, 3.05) is 32.8 Å². The van der Waals surface area contributed by atoms with Gasteiger partial charge in [0.2, 0.25) is 10.0 Å². The van der Waals surface area contributed by atoms with Crippen LogP contribution in [-0.2, 0) is 14.8 Å². The van der Waals surface area contributed by atoms with Crippen LogP contribution in [0.1, 0.15) is 25.8 Å². The standard InChI is InChI=1S/C13H22N4O3S/c1-11-8-14-4-5-17(11)21(18,19)13-9-15-16(10-13)12-2-6-20-7-3-12/h9-12,14H,2-8H2,1H3/t11-/m0/s1. The van der Waals surface area contributed by atoms with Crippen molar-refractivity contribution < 1.29 is 13.2 Å². The second-order valence-electron chi connectivity index (χ2n) is 5.67. The molecular weight excluding hydrogens is 292 g/mol. The molecule has 2 fully saturated rings. The summed E-state index contributed by atoms with van der Waals surface area (Å²) in [4.78, 5) is 0.294. The summed E-state index contributed by atoms with van der Waals surface area (Å²) in [6.45, 7) is 5.23. The Balaban J connectivity index is 1.80. The number of aromatic nitrogens is 2. The van der Waals surface area contributed by atoms with Crippen molar-refractivity contribution in [1.29, 1.82) is 0 Å². The zero-order chi connectivity index (χ0) is 14.9. The van der Waals surface area contributed by atoms with Crippen LogP contribution in [0, 0.1) is 0 Å². The van der Waals surface area contributed by atoms with Crippen LogP contribution in [0.4, 0.5) is 0 Å². The molecule has 0 aromatic carbocycles. The van der Waals surface area contributed by atoms with Crippen molar-refractivity contribution in [3.05, 3.63) is 12.4 Å². The summed E-state index contributed by atoms with van der Waals surface area (Å²) in [6, 6.07) is 0.207. The number of hydrogen-bond acceptors (Lipinski definition) is 5. The molecule has 1 aromatic heterocycles. The molecule has 0 radical (unpaired) electrons. The minimum Gasteiger partial charge on any atom is -0.381 e. The van der Waals surface area contributed by atoms with Gasteiger partial charge in [0.25, 0.3) is 0 Å². The third-order valence-corrected chi connectivity index (χ3v) is 6.16. The first kappa shape index (κ1) is 15.0. The number of rotatable bonds is 3. The molecule has 0 spiro atoms. The van der Waals surface area contributed by atoms with Gasteiger partial charge in [-0.1, -0.05) is 0 Å². The Hall–Kier alpha value is -0.960. The van der Waals surface area contributed by atoms with E-state index in [-0.39, 0.29) is 12.1 Å². The van der Waals surface area contributed by atoms with Gasteiger partial charge in [-0.2, -0.15) is 9.40 Å². The fraction of sp³-hybridized carbons (Fsp3) is 0.769. The van der Waals surface area contributed by atoms with E-state index in [0.717, 1.165) is 12.8 Å². The molecule has 1 N–H and O–H groups in total. The van der Waals surface area contributed by atoms with Crippen LogP contribution >= 0.6 is 0 Å². The van der Waals surface area contributed by atoms with Crippen molar-refractivity contribution in [2.45, 2.75) is 36.7 Å². The molecule has 0 bridgehead atoms. The van der Waals surface area contributed by atoms with Gasteiger partial charge >= 0.3 is 0 Å². The van der Waals surface area contributed by atoms with E-state index in [9.17, 15) is 8.42 Å². The maximum absolute atomic E-state index is 12.7. The van der Waals surface area contributed by atoms with Gasteiger partial charge in [0.05, 0.1) is 12.2 Å². The van der Waals surface area contributed by atoms with Crippen molar-refractivity contribution in [1.82, 2.24) is 19.4 Å². The monoisotopic (exact) mass is 314 g/mol. The van der Waals surface area contributed by atoms with Crippen molar-refractivity contribution in [3.8, 4) is 0 Å². The lowest BCUT2D eigenvalue weighted by Gasteiger charge is -2.32. The smallest absolute Gasteiger partial charge is 0.246 e. The van der Waals surface area contributed by atoms with Crippen molar-refractivity contribution in [2.24, 2.45) is 0 Å². The van der Waals surface area contributed by atoms with Gasteiger partial charge < -0.3 is 10.1 Å². The Kier molecular flexibility index (Phi) is 4.30. The van der Waals surface area contributed by atoms with Gasteiger partial charge in [0, 0.05) is 45.1 Å². The number of nitrogens with zero attached hydrogens (tertiary/aromatic N) is 3. The molecule has 0 unspecified atom stereocenters. The summed E-state index contributed by atoms with van der Waals surface area (Å²) in [5, 5.41) is 7.47. The van der Waals surface area contributed by atoms with Crippen LogP contribution in [-0.4, -0.2) is 61.4 Å². The molecule has 8 heteroatoms. The first-order valence-corrected chi connectivity index (χ1v) is 8.87. The molecule has 0 saturated carbocycles. The summed E-state index contributed by atoms with van der Waals surface area (Å²) in [5.41, 5.74) is 0. The summed E-state index contributed by atoms with van der Waals surface area (Å²) < 4.78 is 34.1. The van der Waals surface area contributed by atoms with Crippen LogP contribution in [0.2, 0.25) is 0 Å². The lowest BCUT2D eigenvalue weighted by atomic mass is 10.1. The van der Waals surface area contributed by atoms with Gasteiger partial charge in [-0.25, -0.2) is 8.42 Å². The highest BCUT2D eigenvalue weighted by atomic mass is 32.2. The van der Waals surface area contributed by atoms with Crippen molar-refractivity contribution in [3.63, 3.8) is 0 Å². The Labute approximate surface area is 125 Å². The molecule has 0 aliphatic carbocycles. The van der Waals surface area contributed by atoms with E-state index in [1.165, 1.54) is 6.20 Å². The van der Waals surface area contributed by atoms with Crippen LogP contribution in [0.25, 0.3) is 0 Å². The average molecular weight is 314 g/mol. The highest BCUT2D eigenvalue weighted by Crippen LogP contribution is 2.24. The molecule has 1 atom stereocenters. The van der Waals surface area contributed by atoms with E-state index in [0.29, 0.717) is 37.7 Å². The second kappa shape index (κ2) is 6.04. The number of piperazine rings is 1. The number of sulfonamides is 1. The quantitative estimate of drug-likeness (QED) is 0.863. The molecular formula is C13H22N4O3S. The predicted molar refractivity (Wildman–Crippen MR) is 77.5 cm³/mol. The Morgan fingerprint density at radius 3 is 2.86 bits per heavy atom. The lowest BCUT2D eigenvalue weighted by molar-refractivity contribution is 0.0662. The Morgan fingerprint density at radius 1 is 1.38 bits per heavy atom. The van der Waals surface area contributed by atoms with Crippen LogP contribution in [0.3, 0.4) is 0 Å². The maximum Gasteiger partial charge on any atom is 0.246 e. The highest BCUT2D eigenvalue weighted by molar-refractivity contribution is 7.89. The van der Waals surface area contributed by atoms with Gasteiger partial charge in [-0.15, -0.1) is 0 Å². The van der Waals surface area contributed by atoms with Crippen LogP contribution < -0.4 is 5.32 Å². The summed E-state index contributed by atoms with van der Waals surface area (Å²) in [7, 11) is -3.45. The van der Waals surface area contributed by atoms with E-state index in [1.54, 1.807) is 15.2 Å². The first-order chi connectivity index (χ1) is 10.1. The number of ether oxygens (including phenoxy) is 1. The van der Waals surface area contributed by atoms with Crippen LogP contribution in [0.15, 0.2) is 17.3 Å². The second-order valence-corrected chi connectivity index (χ2v) is 7.56. The van der Waals surface area contributed by atoms with Crippen molar-refractivity contribution >= 4 is 10.0 Å². The fourth-order valence-electron chi connectivity index (χ4n) is 2.92. The third kappa shape index (κ3) is 2.98. The largest absolute Gasteiger partial charge is 0.381 e. The van der Waals surface area contributed by atoms with E-state index in [4.69, 9.17) is 4.74 Å². The van der Waals surface area contributed by atoms with Gasteiger partial charge in [-0.05, 0) is 19.8 Å². The first-order valence-electron chi connectivity index (χ1n) is 7.43. The third-order valence-electron chi connectivity index (χ3n) is 4.19. The molecule has 3 heterocycles. The van der Waals surface area contributed by atoms with Crippen LogP contribution in [0.5, 0.6) is 0 Å². The zero-order valence-electron chi connectivity index (χ0n) is 12.2. The molecule has 2 aliphatic heterocycles. The Bertz CT molecular complexity index is 580. The average Bonchev–Trinajstić information content (AvgIpc) is 2.99. The van der Waals surface area contributed by atoms with Gasteiger partial charge in [0.1, 0.15) is 4.90 Å². The minimum atomic E-state index is -3.45. The number of hydrogen-bond donors (Lipinski definition) is 1. The molecule has 21 heavy (non-hydrogen) atoms. The van der Waals surface area contributed by atoms with E-state index in [1.807, 2.05) is 6.92 Å². The molecule has 0 amide bonds. The maximum atomic E-state index is 12.7. The number of nitrogens with one attached hydrogen (secondary N) is 1. The minimum absolute atomic E-state index is 0.0322. The lowest BCUT2D eigenvalue weighted by Crippen LogP contribution is -2.52. The van der Waals surface area contributed by atoms with E-state index >= 15 is 0 Å². The normalized spacial score (nSPS) is 26.0. The summed E-state index contributed by atoms with van der Waals surface area (Å²) in [5.74, 6) is 0. The Morgan fingerprint density at radius 2 is 2.14 bits per heavy atom. The molecule has 2 saturated heterocycles. The molecule has 1 aromatic rings. The molecule has 118 valence electrons. The molecule has 3 rings (SSSR count). The summed E-state index contributed by atoms with van der Waals surface area (Å²) in [6.07, 6.45) is 4.90. The zero-order valence-corrected chi connectivity index (χ0v) is 13.1. The topological polar surface area (TPSA) is 76.5 Å². The predicted octanol–water partition coefficient (Wildman–Crippen LogP) is 0.217. The van der Waals surface area contributed by atoms with Gasteiger partial charge in [-0.3, -0.25) is 4.68 Å².